The zero-order valence-corrected chi connectivity index (χ0v) is 9.19. The summed E-state index contributed by atoms with van der Waals surface area (Å²) >= 11 is 2.04. The molecule has 0 fully saturated rings. The van der Waals surface area contributed by atoms with Gasteiger partial charge in [0.05, 0.1) is 0 Å². The first-order valence-corrected chi connectivity index (χ1v) is 6.52. The second kappa shape index (κ2) is 4.69. The molecule has 8 heteroatoms. The zero-order chi connectivity index (χ0) is 8.97. The molecule has 5 nitrogen and oxygen atoms in total. The number of thioether (sulfide) groups is 1. The number of nitrogens with zero attached hydrogens (tertiary/aromatic N) is 1. The summed E-state index contributed by atoms with van der Waals surface area (Å²) in [4.78, 5) is 3.75. The first-order chi connectivity index (χ1) is 5.68. The van der Waals surface area contributed by atoms with Gasteiger partial charge in [-0.1, -0.05) is 0 Å². The van der Waals surface area contributed by atoms with Crippen LogP contribution in [0, 0.1) is 0 Å². The summed E-state index contributed by atoms with van der Waals surface area (Å²) in [7, 11) is 0. The van der Waals surface area contributed by atoms with Crippen molar-refractivity contribution in [2.24, 2.45) is 0 Å². The number of aromatic nitrogens is 1. The Morgan fingerprint density at radius 2 is 2.50 bits per heavy atom. The molecule has 1 N–H and O–H groups in total. The fourth-order valence-corrected chi connectivity index (χ4v) is 2.51. The van der Waals surface area contributed by atoms with Crippen molar-refractivity contribution < 1.29 is 28.7 Å². The van der Waals surface area contributed by atoms with Gasteiger partial charge in [-0.2, -0.15) is 0 Å². The predicted octanol–water partition coefficient (Wildman–Crippen LogP) is 0.865. The van der Waals surface area contributed by atoms with Crippen molar-refractivity contribution in [3.63, 3.8) is 0 Å². The number of hydrogen-bond acceptors (Lipinski definition) is 6. The van der Waals surface area contributed by atoms with E-state index >= 15 is 0 Å². The Balaban J connectivity index is 2.48. The maximum atomic E-state index is 10.2. The number of oxazole rings is 1. The second-order valence-electron chi connectivity index (χ2n) is 1.52. The third kappa shape index (κ3) is 3.42. The van der Waals surface area contributed by atoms with E-state index in [4.69, 9.17) is 4.42 Å². The van der Waals surface area contributed by atoms with Crippen LogP contribution in [0.1, 0.15) is 0 Å². The summed E-state index contributed by atoms with van der Waals surface area (Å²) in [5, 5.41) is 0.326. The van der Waals surface area contributed by atoms with E-state index in [-0.39, 0.29) is 4.32 Å². The van der Waals surface area contributed by atoms with E-state index in [0.29, 0.717) is 5.22 Å². The van der Waals surface area contributed by atoms with Crippen LogP contribution in [-0.2, 0) is 24.3 Å². The van der Waals surface area contributed by atoms with E-state index in [0.717, 1.165) is 11.8 Å². The minimum absolute atomic E-state index is 0.138. The third-order valence-electron chi connectivity index (χ3n) is 0.756. The van der Waals surface area contributed by atoms with Gasteiger partial charge in [0.25, 0.3) is 0 Å². The van der Waals surface area contributed by atoms with E-state index in [1.54, 1.807) is 0 Å². The summed E-state index contributed by atoms with van der Waals surface area (Å²) in [6.07, 6.45) is 2.84. The van der Waals surface area contributed by atoms with Crippen LogP contribution >= 0.6 is 24.0 Å². The monoisotopic (exact) mass is 289 g/mol. The molecular formula is C4H3MoN2O3S2. The molecule has 0 bridgehead atoms. The average Bonchev–Trinajstić information content (AvgIpc) is 2.37. The summed E-state index contributed by atoms with van der Waals surface area (Å²) in [6, 6.07) is 0. The van der Waals surface area contributed by atoms with Crippen LogP contribution in [-0.4, -0.2) is 9.30 Å². The summed E-state index contributed by atoms with van der Waals surface area (Å²) in [6.45, 7) is 0. The van der Waals surface area contributed by atoms with Crippen LogP contribution in [0.4, 0.5) is 0 Å². The predicted molar refractivity (Wildman–Crippen MR) is 39.5 cm³/mol. The van der Waals surface area contributed by atoms with E-state index in [2.05, 4.69) is 21.1 Å². The average molecular weight is 287 g/mol. The molecule has 65 valence electrons. The van der Waals surface area contributed by atoms with Gasteiger partial charge in [-0.15, -0.1) is 0 Å². The first-order valence-electron chi connectivity index (χ1n) is 2.65. The van der Waals surface area contributed by atoms with Crippen molar-refractivity contribution in [3.8, 4) is 0 Å². The van der Waals surface area contributed by atoms with Crippen molar-refractivity contribution in [2.75, 3.05) is 0 Å². The molecule has 1 rings (SSSR count). The van der Waals surface area contributed by atoms with E-state index in [1.165, 1.54) is 12.5 Å². The first kappa shape index (κ1) is 9.82. The minimum atomic E-state index is -3.60. The normalized spacial score (nSPS) is 9.33. The van der Waals surface area contributed by atoms with Gasteiger partial charge < -0.3 is 0 Å². The van der Waals surface area contributed by atoms with Crippen LogP contribution < -0.4 is 3.88 Å². The second-order valence-corrected chi connectivity index (χ2v) is 4.81. The van der Waals surface area contributed by atoms with E-state index in [1.807, 2.05) is 0 Å². The fourth-order valence-electron chi connectivity index (χ4n) is 0.429. The van der Waals surface area contributed by atoms with Gasteiger partial charge in [-0.25, -0.2) is 0 Å². The van der Waals surface area contributed by atoms with Crippen LogP contribution in [0.15, 0.2) is 22.1 Å². The SMILES string of the molecule is [O]=[Mo](=[O])[NH]C(=S)Sc1ncco1. The molecule has 0 amide bonds. The molecule has 0 aliphatic carbocycles. The van der Waals surface area contributed by atoms with Crippen molar-refractivity contribution >= 4 is 28.3 Å². The van der Waals surface area contributed by atoms with Gasteiger partial charge in [-0.3, -0.25) is 0 Å². The molecule has 12 heavy (non-hydrogen) atoms. The Morgan fingerprint density at radius 3 is 3.00 bits per heavy atom. The molecular weight excluding hydrogens is 284 g/mol. The number of thiocarbonyl (C=S) groups is 1. The van der Waals surface area contributed by atoms with Crippen molar-refractivity contribution in [1.29, 1.82) is 0 Å². The van der Waals surface area contributed by atoms with Gasteiger partial charge in [0.1, 0.15) is 0 Å². The Hall–Kier alpha value is -0.262. The molecule has 0 saturated carbocycles. The molecule has 1 aromatic rings. The molecule has 0 spiro atoms. The van der Waals surface area contributed by atoms with Gasteiger partial charge in [0, 0.05) is 0 Å². The van der Waals surface area contributed by atoms with Crippen molar-refractivity contribution in [2.45, 2.75) is 5.22 Å². The van der Waals surface area contributed by atoms with E-state index in [9.17, 15) is 6.80 Å². The topological polar surface area (TPSA) is 72.2 Å². The quantitative estimate of drug-likeness (QED) is 0.491. The number of rotatable bonds is 2. The molecule has 0 unspecified atom stereocenters. The van der Waals surface area contributed by atoms with Crippen LogP contribution in [0.5, 0.6) is 0 Å². The number of hydrogen-bond donors (Lipinski definition) is 1. The third-order valence-corrected chi connectivity index (χ3v) is 3.37. The fraction of sp³-hybridized carbons (Fsp3) is 0. The number of nitrogens with one attached hydrogen (secondary N) is 1. The maximum absolute atomic E-state index is 10.2. The molecule has 0 saturated heterocycles. The van der Waals surface area contributed by atoms with Gasteiger partial charge >= 0.3 is 83.5 Å². The van der Waals surface area contributed by atoms with Crippen molar-refractivity contribution in [3.05, 3.63) is 12.5 Å². The molecule has 1 heterocycles. The molecule has 0 aliphatic heterocycles. The van der Waals surface area contributed by atoms with Crippen molar-refractivity contribution in [1.82, 2.24) is 8.86 Å². The van der Waals surface area contributed by atoms with Gasteiger partial charge in [0.15, 0.2) is 0 Å². The Bertz CT molecular complexity index is 326. The van der Waals surface area contributed by atoms with Gasteiger partial charge in [0.2, 0.25) is 0 Å². The zero-order valence-electron chi connectivity index (χ0n) is 5.55. The molecule has 1 aromatic heterocycles. The summed E-state index contributed by atoms with van der Waals surface area (Å²) in [5.74, 6) is 0. The standard InChI is InChI=1S/C4H4N2OS2.Mo.2O/c5-3(8)9-4-6-1-2-7-4;;;/h1-2H,(H2,5,8);;;/q;+1;;/p-1. The molecule has 0 radical (unpaired) electrons. The van der Waals surface area contributed by atoms with Crippen LogP contribution in [0.2, 0.25) is 0 Å². The van der Waals surface area contributed by atoms with E-state index < -0.39 is 17.5 Å². The van der Waals surface area contributed by atoms with Crippen LogP contribution in [0.25, 0.3) is 0 Å². The molecule has 0 atom stereocenters. The Kier molecular flexibility index (Phi) is 3.84. The van der Waals surface area contributed by atoms with Gasteiger partial charge in [-0.05, 0) is 0 Å². The summed E-state index contributed by atoms with van der Waals surface area (Å²) < 4.78 is 27.5. The molecule has 0 aliphatic rings. The van der Waals surface area contributed by atoms with Crippen LogP contribution in [0.3, 0.4) is 0 Å². The molecule has 0 aromatic carbocycles. The Labute approximate surface area is 83.4 Å². The summed E-state index contributed by atoms with van der Waals surface area (Å²) in [5.41, 5.74) is 0. The Morgan fingerprint density at radius 1 is 1.75 bits per heavy atom.